The molecule has 0 saturated heterocycles. The molecular weight excluding hydrogens is 520 g/mol. The van der Waals surface area contributed by atoms with Crippen LogP contribution in [-0.4, -0.2) is 42.8 Å². The average molecular weight is 570 g/mol. The smallest absolute Gasteiger partial charge is 0.251 e. The summed E-state index contributed by atoms with van der Waals surface area (Å²) < 4.78 is 28.8. The van der Waals surface area contributed by atoms with Crippen molar-refractivity contribution in [3.63, 3.8) is 0 Å². The number of aliphatic imine (C=N–C) groups is 1. The molecule has 0 spiro atoms. The molecule has 1 amide bonds. The number of anilines is 2. The molecule has 0 aliphatic rings. The molecule has 6 nitrogen and oxygen atoms in total. The van der Waals surface area contributed by atoms with Crippen molar-refractivity contribution in [3.8, 4) is 0 Å². The number of hydrogen-bond donors (Lipinski definition) is 3. The number of amides is 1. The van der Waals surface area contributed by atoms with Crippen LogP contribution in [0.15, 0.2) is 59.9 Å². The van der Waals surface area contributed by atoms with E-state index in [2.05, 4.69) is 34.8 Å². The van der Waals surface area contributed by atoms with E-state index in [4.69, 9.17) is 0 Å². The monoisotopic (exact) mass is 569 g/mol. The molecule has 0 aliphatic heterocycles. The quantitative estimate of drug-likeness (QED) is 0.158. The number of benzene rings is 2. The van der Waals surface area contributed by atoms with Crippen molar-refractivity contribution in [1.82, 2.24) is 10.2 Å². The molecule has 0 bridgehead atoms. The molecule has 0 aromatic heterocycles. The number of hydrogen-bond acceptors (Lipinski definition) is 5. The molecule has 0 fully saturated rings. The summed E-state index contributed by atoms with van der Waals surface area (Å²) >= 11 is 0. The lowest BCUT2D eigenvalue weighted by Crippen LogP contribution is -2.40. The maximum Gasteiger partial charge on any atom is 0.251 e. The first kappa shape index (κ1) is 35.3. The number of nitrogens with zero attached hydrogens (tertiary/aromatic N) is 2. The molecule has 0 radical (unpaired) electrons. The fourth-order valence-electron chi connectivity index (χ4n) is 4.34. The summed E-state index contributed by atoms with van der Waals surface area (Å²) in [4.78, 5) is 19.3. The maximum atomic E-state index is 14.6. The standard InChI is InChI=1S/C31H43F2N5O.C2H6/c1-8-11-24(12-9-2)37-31(39)23-13-15-25(16-14-23)36-30(38(7)19-10-3)22(5)35-20-21(4)26-17-18-27(34-6)29(33)28(26)32;1-2/h10,13-20,24,30,34,36H,8-9,11-12H2,1-7H3,(H,37,39);1-2H3/b19-10-,21-20+,35-22?;. The molecule has 41 heavy (non-hydrogen) atoms. The fourth-order valence-corrected chi connectivity index (χ4v) is 4.34. The third-order valence-electron chi connectivity index (χ3n) is 6.49. The molecule has 0 saturated carbocycles. The van der Waals surface area contributed by atoms with Crippen molar-refractivity contribution in [1.29, 1.82) is 0 Å². The van der Waals surface area contributed by atoms with Gasteiger partial charge in [-0.15, -0.1) is 0 Å². The molecular formula is C33H49F2N5O. The van der Waals surface area contributed by atoms with E-state index >= 15 is 0 Å². The Hall–Kier alpha value is -3.68. The largest absolute Gasteiger partial charge is 0.386 e. The molecule has 2 aromatic rings. The third-order valence-corrected chi connectivity index (χ3v) is 6.49. The van der Waals surface area contributed by atoms with Crippen LogP contribution in [0.3, 0.4) is 0 Å². The SMILES string of the molecule is C/C=C\N(C)C(Nc1ccc(C(=O)NC(CCC)CCC)cc1)C(C)=N/C=C(\C)c1ccc(NC)c(F)c1F.CC. The van der Waals surface area contributed by atoms with Gasteiger partial charge in [-0.1, -0.05) is 46.6 Å². The summed E-state index contributed by atoms with van der Waals surface area (Å²) in [6.45, 7) is 13.7. The predicted molar refractivity (Wildman–Crippen MR) is 172 cm³/mol. The minimum Gasteiger partial charge on any atom is -0.386 e. The Morgan fingerprint density at radius 1 is 1.00 bits per heavy atom. The van der Waals surface area contributed by atoms with Crippen LogP contribution in [0.5, 0.6) is 0 Å². The minimum atomic E-state index is -0.917. The summed E-state index contributed by atoms with van der Waals surface area (Å²) in [5.74, 6) is -1.90. The van der Waals surface area contributed by atoms with Gasteiger partial charge in [-0.25, -0.2) is 8.78 Å². The maximum absolute atomic E-state index is 14.6. The summed E-state index contributed by atoms with van der Waals surface area (Å²) in [6.07, 6.45) is 9.04. The van der Waals surface area contributed by atoms with Gasteiger partial charge in [-0.3, -0.25) is 9.79 Å². The van der Waals surface area contributed by atoms with Crippen LogP contribution < -0.4 is 16.0 Å². The highest BCUT2D eigenvalue weighted by Gasteiger charge is 2.18. The van der Waals surface area contributed by atoms with E-state index < -0.39 is 11.6 Å². The van der Waals surface area contributed by atoms with E-state index in [9.17, 15) is 13.6 Å². The van der Waals surface area contributed by atoms with Gasteiger partial charge in [0.1, 0.15) is 6.17 Å². The molecule has 2 rings (SSSR count). The van der Waals surface area contributed by atoms with Gasteiger partial charge in [-0.05, 0) is 81.8 Å². The zero-order chi connectivity index (χ0) is 30.9. The highest BCUT2D eigenvalue weighted by atomic mass is 19.2. The molecule has 226 valence electrons. The Kier molecular flexibility index (Phi) is 16.1. The van der Waals surface area contributed by atoms with Gasteiger partial charge >= 0.3 is 0 Å². The van der Waals surface area contributed by atoms with Gasteiger partial charge in [0.15, 0.2) is 11.6 Å². The lowest BCUT2D eigenvalue weighted by atomic mass is 10.1. The molecule has 3 N–H and O–H groups in total. The Morgan fingerprint density at radius 2 is 1.61 bits per heavy atom. The van der Waals surface area contributed by atoms with E-state index in [1.807, 2.05) is 76.2 Å². The van der Waals surface area contributed by atoms with E-state index in [1.165, 1.54) is 12.1 Å². The third kappa shape index (κ3) is 10.7. The Balaban J connectivity index is 0.00000411. The second-order valence-corrected chi connectivity index (χ2v) is 9.64. The molecule has 0 aliphatic carbocycles. The Labute approximate surface area is 246 Å². The first-order valence-corrected chi connectivity index (χ1v) is 14.6. The number of nitrogens with one attached hydrogen (secondary N) is 3. The first-order chi connectivity index (χ1) is 19.7. The number of carbonyl (C=O) groups is 1. The van der Waals surface area contributed by atoms with Crippen molar-refractivity contribution in [3.05, 3.63) is 77.6 Å². The highest BCUT2D eigenvalue weighted by Crippen LogP contribution is 2.25. The molecule has 1 atom stereocenters. The lowest BCUT2D eigenvalue weighted by molar-refractivity contribution is 0.0932. The Bertz CT molecular complexity index is 1170. The molecule has 0 heterocycles. The zero-order valence-electron chi connectivity index (χ0n) is 26.2. The predicted octanol–water partition coefficient (Wildman–Crippen LogP) is 8.46. The van der Waals surface area contributed by atoms with Crippen LogP contribution in [0.25, 0.3) is 5.57 Å². The average Bonchev–Trinajstić information content (AvgIpc) is 2.97. The zero-order valence-corrected chi connectivity index (χ0v) is 26.2. The van der Waals surface area contributed by atoms with Crippen molar-refractivity contribution in [2.45, 2.75) is 86.4 Å². The molecule has 8 heteroatoms. The van der Waals surface area contributed by atoms with Gasteiger partial charge in [-0.2, -0.15) is 0 Å². The van der Waals surface area contributed by atoms with Crippen LogP contribution in [0, 0.1) is 11.6 Å². The first-order valence-electron chi connectivity index (χ1n) is 14.6. The van der Waals surface area contributed by atoms with Crippen molar-refractivity contribution >= 4 is 28.6 Å². The molecule has 2 aromatic carbocycles. The second kappa shape index (κ2) is 18.6. The second-order valence-electron chi connectivity index (χ2n) is 9.64. The van der Waals surface area contributed by atoms with Crippen molar-refractivity contribution in [2.24, 2.45) is 4.99 Å². The van der Waals surface area contributed by atoms with Crippen molar-refractivity contribution in [2.75, 3.05) is 24.7 Å². The summed E-state index contributed by atoms with van der Waals surface area (Å²) in [5, 5.41) is 9.24. The lowest BCUT2D eigenvalue weighted by Gasteiger charge is -2.28. The Morgan fingerprint density at radius 3 is 2.15 bits per heavy atom. The van der Waals surface area contributed by atoms with E-state index in [1.54, 1.807) is 20.2 Å². The number of rotatable bonds is 14. The number of halogens is 2. The van der Waals surface area contributed by atoms with Crippen LogP contribution in [0.4, 0.5) is 20.2 Å². The van der Waals surface area contributed by atoms with Crippen LogP contribution in [-0.2, 0) is 0 Å². The van der Waals surface area contributed by atoms with Crippen LogP contribution in [0.2, 0.25) is 0 Å². The summed E-state index contributed by atoms with van der Waals surface area (Å²) in [6, 6.07) is 10.6. The number of allylic oxidation sites excluding steroid dienone is 2. The molecule has 1 unspecified atom stereocenters. The van der Waals surface area contributed by atoms with Gasteiger partial charge in [0.2, 0.25) is 0 Å². The highest BCUT2D eigenvalue weighted by molar-refractivity contribution is 5.95. The minimum absolute atomic E-state index is 0.0687. The summed E-state index contributed by atoms with van der Waals surface area (Å²) in [5.41, 5.74) is 2.90. The van der Waals surface area contributed by atoms with Gasteiger partial charge in [0.05, 0.1) is 11.4 Å². The van der Waals surface area contributed by atoms with Gasteiger partial charge < -0.3 is 20.9 Å². The number of carbonyl (C=O) groups excluding carboxylic acids is 1. The normalized spacial score (nSPS) is 12.6. The topological polar surface area (TPSA) is 68.8 Å². The van der Waals surface area contributed by atoms with Gasteiger partial charge in [0, 0.05) is 43.2 Å². The summed E-state index contributed by atoms with van der Waals surface area (Å²) in [7, 11) is 3.46. The van der Waals surface area contributed by atoms with Crippen LogP contribution in [0.1, 0.15) is 90.1 Å². The van der Waals surface area contributed by atoms with E-state index in [0.717, 1.165) is 31.4 Å². The fraction of sp³-hybridized carbons (Fsp3) is 0.455. The van der Waals surface area contributed by atoms with Crippen molar-refractivity contribution < 1.29 is 13.6 Å². The van der Waals surface area contributed by atoms with E-state index in [-0.39, 0.29) is 29.4 Å². The van der Waals surface area contributed by atoms with E-state index in [0.29, 0.717) is 16.8 Å². The van der Waals surface area contributed by atoms with Gasteiger partial charge in [0.25, 0.3) is 5.91 Å². The van der Waals surface area contributed by atoms with Crippen LogP contribution >= 0.6 is 0 Å².